The van der Waals surface area contributed by atoms with E-state index in [0.717, 1.165) is 36.4 Å². The Balaban J connectivity index is 2.23. The minimum atomic E-state index is -5.10. The van der Waals surface area contributed by atoms with Crippen molar-refractivity contribution in [2.45, 2.75) is 43.4 Å². The van der Waals surface area contributed by atoms with Gasteiger partial charge >= 0.3 is 25.3 Å². The van der Waals surface area contributed by atoms with Gasteiger partial charge < -0.3 is 19.9 Å². The van der Waals surface area contributed by atoms with Crippen molar-refractivity contribution in [3.05, 3.63) is 95.3 Å². The van der Waals surface area contributed by atoms with E-state index < -0.39 is 55.1 Å². The van der Waals surface area contributed by atoms with Crippen LogP contribution in [0.1, 0.15) is 16.7 Å². The summed E-state index contributed by atoms with van der Waals surface area (Å²) in [5.41, 5.74) is -1.95. The lowest BCUT2D eigenvalue weighted by atomic mass is 9.77. The smallest absolute Gasteiger partial charge is 0.435 e. The average molecular weight is 585 g/mol. The van der Waals surface area contributed by atoms with Gasteiger partial charge in [-0.1, -0.05) is 42.5 Å². The lowest BCUT2D eigenvalue weighted by Gasteiger charge is -2.38. The molecule has 3 aromatic carbocycles. The SMILES string of the molecule is O[C@H](CN[C@](Cc1ccccc1)(c1ccc(OC(F)F)cc1)c1cc(F)cc(OC(F)(F)C(F)F)c1)C(F)(F)F. The molecule has 0 amide bonds. The first-order valence-corrected chi connectivity index (χ1v) is 11.4. The third-order valence-electron chi connectivity index (χ3n) is 5.73. The van der Waals surface area contributed by atoms with Crippen molar-refractivity contribution in [1.82, 2.24) is 5.32 Å². The number of aliphatic hydroxyl groups is 1. The van der Waals surface area contributed by atoms with Crippen LogP contribution >= 0.6 is 0 Å². The number of ether oxygens (including phenoxy) is 2. The lowest BCUT2D eigenvalue weighted by molar-refractivity contribution is -0.253. The van der Waals surface area contributed by atoms with Crippen molar-refractivity contribution >= 4 is 0 Å². The number of nitrogens with one attached hydrogen (secondary N) is 1. The van der Waals surface area contributed by atoms with Crippen LogP contribution in [0.2, 0.25) is 0 Å². The maximum absolute atomic E-state index is 14.7. The minimum absolute atomic E-state index is 0.00971. The van der Waals surface area contributed by atoms with Gasteiger partial charge in [-0.25, -0.2) is 4.39 Å². The number of hydrogen-bond donors (Lipinski definition) is 2. The number of rotatable bonds is 12. The Bertz CT molecular complexity index is 1240. The van der Waals surface area contributed by atoms with Crippen LogP contribution in [0.15, 0.2) is 72.8 Å². The topological polar surface area (TPSA) is 50.7 Å². The molecule has 0 radical (unpaired) electrons. The Morgan fingerprint density at radius 2 is 1.40 bits per heavy atom. The number of alkyl halides is 9. The number of benzene rings is 3. The van der Waals surface area contributed by atoms with E-state index in [1.807, 2.05) is 0 Å². The molecule has 14 heteroatoms. The maximum Gasteiger partial charge on any atom is 0.461 e. The molecule has 0 aromatic heterocycles. The van der Waals surface area contributed by atoms with Crippen molar-refractivity contribution in [3.63, 3.8) is 0 Å². The van der Waals surface area contributed by atoms with Crippen molar-refractivity contribution in [3.8, 4) is 11.5 Å². The second-order valence-electron chi connectivity index (χ2n) is 8.55. The van der Waals surface area contributed by atoms with E-state index in [1.165, 1.54) is 12.1 Å². The van der Waals surface area contributed by atoms with Gasteiger partial charge in [0.05, 0.1) is 5.54 Å². The van der Waals surface area contributed by atoms with Crippen LogP contribution in [0.3, 0.4) is 0 Å². The Labute approximate surface area is 221 Å². The van der Waals surface area contributed by atoms with Crippen molar-refractivity contribution < 1.29 is 58.5 Å². The van der Waals surface area contributed by atoms with Crippen LogP contribution in [0.25, 0.3) is 0 Å². The maximum atomic E-state index is 14.7. The zero-order chi connectivity index (χ0) is 29.7. The summed E-state index contributed by atoms with van der Waals surface area (Å²) < 4.78 is 141. The summed E-state index contributed by atoms with van der Waals surface area (Å²) in [5.74, 6) is -2.69. The van der Waals surface area contributed by atoms with Gasteiger partial charge in [0.1, 0.15) is 17.3 Å². The highest BCUT2D eigenvalue weighted by Gasteiger charge is 2.45. The highest BCUT2D eigenvalue weighted by molar-refractivity contribution is 5.46. The first-order valence-electron chi connectivity index (χ1n) is 11.4. The van der Waals surface area contributed by atoms with E-state index in [1.54, 1.807) is 18.2 Å². The fraction of sp³-hybridized carbons (Fsp3) is 0.308. The molecule has 4 nitrogen and oxygen atoms in total. The Hall–Kier alpha value is -3.52. The molecule has 0 spiro atoms. The quantitative estimate of drug-likeness (QED) is 0.234. The average Bonchev–Trinajstić information content (AvgIpc) is 2.86. The third kappa shape index (κ3) is 7.78. The fourth-order valence-corrected chi connectivity index (χ4v) is 3.92. The van der Waals surface area contributed by atoms with E-state index in [-0.39, 0.29) is 23.3 Å². The van der Waals surface area contributed by atoms with Crippen molar-refractivity contribution in [1.29, 1.82) is 0 Å². The van der Waals surface area contributed by atoms with Gasteiger partial charge in [-0.15, -0.1) is 0 Å². The van der Waals surface area contributed by atoms with Gasteiger partial charge in [0.2, 0.25) is 0 Å². The number of halogens is 10. The van der Waals surface area contributed by atoms with Crippen LogP contribution in [0, 0.1) is 5.82 Å². The van der Waals surface area contributed by atoms with Crippen LogP contribution in [-0.4, -0.2) is 43.1 Å². The molecule has 0 aliphatic rings. The van der Waals surface area contributed by atoms with Crippen LogP contribution in [-0.2, 0) is 12.0 Å². The van der Waals surface area contributed by atoms with E-state index >= 15 is 0 Å². The number of aliphatic hydroxyl groups excluding tert-OH is 1. The Morgan fingerprint density at radius 3 is 1.95 bits per heavy atom. The van der Waals surface area contributed by atoms with Gasteiger partial charge in [-0.2, -0.15) is 39.5 Å². The molecule has 40 heavy (non-hydrogen) atoms. The molecule has 0 bridgehead atoms. The summed E-state index contributed by atoms with van der Waals surface area (Å²) in [5, 5.41) is 12.2. The standard InChI is InChI=1S/C26H21F10NO3/c27-18-10-17(11-20(12-18)40-26(35,36)22(28)29)24(13-15-4-2-1-3-5-15,37-14-21(38)25(32,33)34)16-6-8-19(9-7-16)39-23(30)31/h1-12,21-23,37-38H,13-14H2/t21-,24-/m1/s1. The van der Waals surface area contributed by atoms with Crippen LogP contribution in [0.4, 0.5) is 43.9 Å². The molecule has 2 N–H and O–H groups in total. The zero-order valence-electron chi connectivity index (χ0n) is 20.1. The second kappa shape index (κ2) is 12.3. The number of hydrogen-bond acceptors (Lipinski definition) is 4. The predicted octanol–water partition coefficient (Wildman–Crippen LogP) is 6.66. The summed E-state index contributed by atoms with van der Waals surface area (Å²) in [6.07, 6.45) is -17.7. The van der Waals surface area contributed by atoms with Crippen LogP contribution < -0.4 is 14.8 Å². The molecular weight excluding hydrogens is 564 g/mol. The summed E-state index contributed by atoms with van der Waals surface area (Å²) >= 11 is 0. The second-order valence-corrected chi connectivity index (χ2v) is 8.55. The van der Waals surface area contributed by atoms with Gasteiger partial charge in [-0.05, 0) is 47.4 Å². The first kappa shape index (κ1) is 31.0. The minimum Gasteiger partial charge on any atom is -0.435 e. The summed E-state index contributed by atoms with van der Waals surface area (Å²) in [7, 11) is 0. The Kier molecular flexibility index (Phi) is 9.56. The molecule has 0 aliphatic carbocycles. The molecule has 0 heterocycles. The van der Waals surface area contributed by atoms with E-state index in [0.29, 0.717) is 11.6 Å². The molecule has 0 unspecified atom stereocenters. The molecule has 0 saturated carbocycles. The molecule has 0 fully saturated rings. The van der Waals surface area contributed by atoms with Crippen molar-refractivity contribution in [2.75, 3.05) is 6.54 Å². The monoisotopic (exact) mass is 585 g/mol. The van der Waals surface area contributed by atoms with Gasteiger partial charge in [0.25, 0.3) is 0 Å². The normalized spacial score (nSPS) is 14.7. The highest BCUT2D eigenvalue weighted by Crippen LogP contribution is 2.38. The summed E-state index contributed by atoms with van der Waals surface area (Å²) in [6, 6.07) is 14.0. The van der Waals surface area contributed by atoms with E-state index in [2.05, 4.69) is 14.8 Å². The van der Waals surface area contributed by atoms with Crippen LogP contribution in [0.5, 0.6) is 11.5 Å². The van der Waals surface area contributed by atoms with Gasteiger partial charge in [-0.3, -0.25) is 0 Å². The predicted molar refractivity (Wildman–Crippen MR) is 122 cm³/mol. The molecule has 218 valence electrons. The van der Waals surface area contributed by atoms with Gasteiger partial charge in [0, 0.05) is 12.6 Å². The molecule has 3 rings (SSSR count). The van der Waals surface area contributed by atoms with Crippen molar-refractivity contribution in [2.24, 2.45) is 0 Å². The lowest BCUT2D eigenvalue weighted by Crippen LogP contribution is -2.51. The molecular formula is C26H21F10NO3. The molecule has 0 saturated heterocycles. The molecule has 0 aliphatic heterocycles. The summed E-state index contributed by atoms with van der Waals surface area (Å²) in [4.78, 5) is 0. The third-order valence-corrected chi connectivity index (χ3v) is 5.73. The molecule has 2 atom stereocenters. The summed E-state index contributed by atoms with van der Waals surface area (Å²) in [6.45, 7) is -4.41. The first-order chi connectivity index (χ1) is 18.6. The largest absolute Gasteiger partial charge is 0.461 e. The highest BCUT2D eigenvalue weighted by atomic mass is 19.4. The van der Waals surface area contributed by atoms with E-state index in [4.69, 9.17) is 0 Å². The van der Waals surface area contributed by atoms with E-state index in [9.17, 15) is 49.0 Å². The zero-order valence-corrected chi connectivity index (χ0v) is 20.1. The van der Waals surface area contributed by atoms with Gasteiger partial charge in [0.15, 0.2) is 6.10 Å². The fourth-order valence-electron chi connectivity index (χ4n) is 3.92. The molecule has 3 aromatic rings. The Morgan fingerprint density at radius 1 is 0.775 bits per heavy atom.